The van der Waals surface area contributed by atoms with Crippen LogP contribution >= 0.6 is 11.6 Å². The number of carbonyl (C=O) groups excluding carboxylic acids is 1. The third kappa shape index (κ3) is 7.83. The van der Waals surface area contributed by atoms with E-state index in [1.165, 1.54) is 5.57 Å². The van der Waals surface area contributed by atoms with E-state index in [9.17, 15) is 9.90 Å². The summed E-state index contributed by atoms with van der Waals surface area (Å²) in [4.78, 5) is 12.0. The SMILES string of the molecule is CN1CCC(c2cc(Cl)ccc2N)=CC1c1ccc(OCC(O)CO)cc1.O=COc1ccccc1. The lowest BCUT2D eigenvalue weighted by atomic mass is 9.92. The lowest BCUT2D eigenvalue weighted by molar-refractivity contribution is -0.120. The van der Waals surface area contributed by atoms with Crippen LogP contribution in [0.4, 0.5) is 5.69 Å². The number of ether oxygens (including phenoxy) is 2. The summed E-state index contributed by atoms with van der Waals surface area (Å²) in [7, 11) is 2.10. The average molecular weight is 511 g/mol. The van der Waals surface area contributed by atoms with Gasteiger partial charge in [-0.1, -0.05) is 48.0 Å². The summed E-state index contributed by atoms with van der Waals surface area (Å²) in [6, 6.07) is 22.4. The number of aliphatic hydroxyl groups excluding tert-OH is 2. The van der Waals surface area contributed by atoms with Crippen molar-refractivity contribution in [1.82, 2.24) is 4.90 Å². The molecule has 1 heterocycles. The van der Waals surface area contributed by atoms with Gasteiger partial charge in [-0.05, 0) is 67.1 Å². The maximum Gasteiger partial charge on any atom is 0.298 e. The van der Waals surface area contributed by atoms with Crippen molar-refractivity contribution in [2.75, 3.05) is 32.5 Å². The van der Waals surface area contributed by atoms with Crippen LogP contribution in [0.2, 0.25) is 5.02 Å². The molecule has 0 saturated carbocycles. The van der Waals surface area contributed by atoms with Gasteiger partial charge in [0.25, 0.3) is 6.47 Å². The number of anilines is 1. The number of nitrogen functional groups attached to an aromatic ring is 1. The fourth-order valence-corrected chi connectivity index (χ4v) is 3.95. The monoisotopic (exact) mass is 510 g/mol. The Morgan fingerprint density at radius 3 is 2.50 bits per heavy atom. The number of nitrogens with two attached hydrogens (primary N) is 1. The fourth-order valence-electron chi connectivity index (χ4n) is 3.78. The number of aliphatic hydroxyl groups is 2. The van der Waals surface area contributed by atoms with Crippen molar-refractivity contribution in [3.8, 4) is 11.5 Å². The molecular formula is C28H31ClN2O5. The Balaban J connectivity index is 0.000000338. The summed E-state index contributed by atoms with van der Waals surface area (Å²) in [5.41, 5.74) is 10.2. The molecule has 8 heteroatoms. The minimum atomic E-state index is -0.872. The number of hydrogen-bond donors (Lipinski definition) is 3. The van der Waals surface area contributed by atoms with Crippen molar-refractivity contribution >= 4 is 29.3 Å². The van der Waals surface area contributed by atoms with Gasteiger partial charge in [-0.15, -0.1) is 0 Å². The summed E-state index contributed by atoms with van der Waals surface area (Å²) < 4.78 is 10.0. The highest BCUT2D eigenvalue weighted by Gasteiger charge is 2.22. The van der Waals surface area contributed by atoms with Crippen LogP contribution in [0.3, 0.4) is 0 Å². The van der Waals surface area contributed by atoms with E-state index in [2.05, 4.69) is 22.8 Å². The Hall–Kier alpha value is -3.36. The van der Waals surface area contributed by atoms with E-state index in [0.717, 1.165) is 29.8 Å². The molecule has 0 radical (unpaired) electrons. The molecule has 2 atom stereocenters. The first kappa shape index (κ1) is 27.2. The van der Waals surface area contributed by atoms with E-state index in [1.807, 2.05) is 42.5 Å². The topological polar surface area (TPSA) is 105 Å². The molecule has 0 bridgehead atoms. The van der Waals surface area contributed by atoms with Crippen LogP contribution in [-0.4, -0.2) is 54.5 Å². The fraction of sp³-hybridized carbons (Fsp3) is 0.250. The maximum atomic E-state index is 9.75. The highest BCUT2D eigenvalue weighted by Crippen LogP contribution is 2.36. The highest BCUT2D eigenvalue weighted by atomic mass is 35.5. The zero-order valence-corrected chi connectivity index (χ0v) is 20.8. The molecule has 0 fully saturated rings. The van der Waals surface area contributed by atoms with Gasteiger partial charge < -0.3 is 25.4 Å². The molecule has 190 valence electrons. The first-order valence-corrected chi connectivity index (χ1v) is 11.9. The molecule has 1 aliphatic heterocycles. The van der Waals surface area contributed by atoms with Crippen LogP contribution in [0.5, 0.6) is 11.5 Å². The Bertz CT molecular complexity index is 1140. The number of carbonyl (C=O) groups is 1. The second-order valence-corrected chi connectivity index (χ2v) is 8.78. The van der Waals surface area contributed by atoms with E-state index in [0.29, 0.717) is 23.0 Å². The normalized spacial score (nSPS) is 16.2. The summed E-state index contributed by atoms with van der Waals surface area (Å²) in [5.74, 6) is 1.24. The van der Waals surface area contributed by atoms with Gasteiger partial charge in [0.15, 0.2) is 0 Å². The smallest absolute Gasteiger partial charge is 0.298 e. The van der Waals surface area contributed by atoms with Crippen molar-refractivity contribution < 1.29 is 24.5 Å². The molecular weight excluding hydrogens is 480 g/mol. The average Bonchev–Trinajstić information content (AvgIpc) is 2.90. The summed E-state index contributed by atoms with van der Waals surface area (Å²) >= 11 is 6.16. The van der Waals surface area contributed by atoms with E-state index in [-0.39, 0.29) is 19.3 Å². The second kappa shape index (κ2) is 13.7. The van der Waals surface area contributed by atoms with Crippen LogP contribution in [-0.2, 0) is 4.79 Å². The van der Waals surface area contributed by atoms with Gasteiger partial charge in [0, 0.05) is 22.8 Å². The van der Waals surface area contributed by atoms with Crippen LogP contribution in [0.15, 0.2) is 78.9 Å². The van der Waals surface area contributed by atoms with Gasteiger partial charge in [-0.25, -0.2) is 0 Å². The van der Waals surface area contributed by atoms with Gasteiger partial charge in [-0.2, -0.15) is 0 Å². The highest BCUT2D eigenvalue weighted by molar-refractivity contribution is 6.30. The largest absolute Gasteiger partial charge is 0.491 e. The number of rotatable bonds is 8. The lowest BCUT2D eigenvalue weighted by Gasteiger charge is -2.32. The minimum absolute atomic E-state index is 0.0667. The molecule has 7 nitrogen and oxygen atoms in total. The summed E-state index contributed by atoms with van der Waals surface area (Å²) in [5, 5.41) is 18.9. The summed E-state index contributed by atoms with van der Waals surface area (Å²) in [6.45, 7) is 1.08. The zero-order valence-electron chi connectivity index (χ0n) is 20.1. The molecule has 36 heavy (non-hydrogen) atoms. The van der Waals surface area contributed by atoms with Crippen molar-refractivity contribution in [2.24, 2.45) is 0 Å². The molecule has 3 aromatic carbocycles. The molecule has 1 aliphatic rings. The maximum absolute atomic E-state index is 9.75. The molecule has 4 rings (SSSR count). The van der Waals surface area contributed by atoms with Crippen LogP contribution < -0.4 is 15.2 Å². The van der Waals surface area contributed by atoms with Gasteiger partial charge in [0.05, 0.1) is 12.6 Å². The van der Waals surface area contributed by atoms with E-state index in [1.54, 1.807) is 30.3 Å². The van der Waals surface area contributed by atoms with Crippen LogP contribution in [0.1, 0.15) is 23.6 Å². The number of benzene rings is 3. The molecule has 0 aliphatic carbocycles. The lowest BCUT2D eigenvalue weighted by Crippen LogP contribution is -2.28. The standard InChI is InChI=1S/C21H25ClN2O3.C7H6O2/c1-24-9-8-15(19-11-16(22)4-7-20(19)23)10-21(24)14-2-5-18(6-3-14)27-13-17(26)12-25;8-6-9-7-4-2-1-3-5-7/h2-7,10-11,17,21,25-26H,8-9,12-13,23H2,1H3;1-6H. The number of likely N-dealkylation sites (N-methyl/N-ethyl adjacent to an activating group) is 1. The molecule has 3 aromatic rings. The Morgan fingerprint density at radius 1 is 1.11 bits per heavy atom. The van der Waals surface area contributed by atoms with Crippen LogP contribution in [0, 0.1) is 0 Å². The first-order valence-electron chi connectivity index (χ1n) is 11.5. The first-order chi connectivity index (χ1) is 17.4. The molecule has 4 N–H and O–H groups in total. The molecule has 0 saturated heterocycles. The van der Waals surface area contributed by atoms with E-state index >= 15 is 0 Å². The summed E-state index contributed by atoms with van der Waals surface area (Å²) in [6.07, 6.45) is 2.28. The predicted octanol–water partition coefficient (Wildman–Crippen LogP) is 4.34. The quantitative estimate of drug-likeness (QED) is 0.306. The Kier molecular flexibility index (Phi) is 10.3. The number of hydrogen-bond acceptors (Lipinski definition) is 7. The predicted molar refractivity (Wildman–Crippen MR) is 142 cm³/mol. The van der Waals surface area contributed by atoms with Gasteiger partial charge in [-0.3, -0.25) is 9.69 Å². The Labute approximate surface area is 216 Å². The molecule has 0 amide bonds. The third-order valence-corrected chi connectivity index (χ3v) is 5.97. The van der Waals surface area contributed by atoms with Crippen molar-refractivity contribution in [3.63, 3.8) is 0 Å². The second-order valence-electron chi connectivity index (χ2n) is 8.34. The van der Waals surface area contributed by atoms with Crippen molar-refractivity contribution in [2.45, 2.75) is 18.6 Å². The zero-order chi connectivity index (χ0) is 25.9. The molecule has 0 aromatic heterocycles. The van der Waals surface area contributed by atoms with Gasteiger partial charge in [0.1, 0.15) is 24.2 Å². The van der Waals surface area contributed by atoms with E-state index < -0.39 is 6.10 Å². The molecule has 2 unspecified atom stereocenters. The van der Waals surface area contributed by atoms with Gasteiger partial charge >= 0.3 is 0 Å². The molecule has 0 spiro atoms. The van der Waals surface area contributed by atoms with Crippen LogP contribution in [0.25, 0.3) is 5.57 Å². The Morgan fingerprint density at radius 2 is 1.83 bits per heavy atom. The minimum Gasteiger partial charge on any atom is -0.491 e. The number of para-hydroxylation sites is 1. The van der Waals surface area contributed by atoms with Gasteiger partial charge in [0.2, 0.25) is 0 Å². The van der Waals surface area contributed by atoms with E-state index in [4.69, 9.17) is 27.2 Å². The van der Waals surface area contributed by atoms with Crippen molar-refractivity contribution in [3.05, 3.63) is 95.0 Å². The van der Waals surface area contributed by atoms with Crippen molar-refractivity contribution in [1.29, 1.82) is 0 Å². The number of nitrogens with zero attached hydrogens (tertiary/aromatic N) is 1. The third-order valence-electron chi connectivity index (χ3n) is 5.73. The number of halogens is 1.